The number of carbonyl (C=O) groups is 4. The monoisotopic (exact) mass is 529 g/mol. The first-order chi connectivity index (χ1) is 18.1. The highest BCUT2D eigenvalue weighted by Gasteiger charge is 2.32. The molecule has 0 saturated carbocycles. The second-order valence-corrected chi connectivity index (χ2v) is 8.82. The van der Waals surface area contributed by atoms with Crippen molar-refractivity contribution < 1.29 is 34.5 Å². The van der Waals surface area contributed by atoms with Crippen molar-refractivity contribution in [2.24, 2.45) is 5.73 Å². The molecule has 2 aromatic heterocycles. The van der Waals surface area contributed by atoms with Gasteiger partial charge in [-0.3, -0.25) is 14.4 Å². The van der Waals surface area contributed by atoms with Crippen LogP contribution in [-0.4, -0.2) is 90.8 Å². The molecule has 3 aromatic rings. The van der Waals surface area contributed by atoms with Crippen molar-refractivity contribution in [3.63, 3.8) is 0 Å². The van der Waals surface area contributed by atoms with Crippen LogP contribution in [-0.2, 0) is 32.0 Å². The van der Waals surface area contributed by atoms with Gasteiger partial charge in [0.2, 0.25) is 17.7 Å². The second-order valence-electron chi connectivity index (χ2n) is 8.82. The number of carbonyl (C=O) groups excluding carboxylic acids is 3. The van der Waals surface area contributed by atoms with Crippen LogP contribution in [0.4, 0.5) is 0 Å². The molecule has 204 valence electrons. The maximum atomic E-state index is 13.1. The van der Waals surface area contributed by atoms with Crippen molar-refractivity contribution in [1.29, 1.82) is 0 Å². The van der Waals surface area contributed by atoms with E-state index in [0.29, 0.717) is 5.69 Å². The maximum absolute atomic E-state index is 13.1. The molecule has 2 heterocycles. The number of fused-ring (bicyclic) bond motifs is 1. The molecule has 0 aliphatic rings. The number of benzene rings is 1. The third-order valence-corrected chi connectivity index (χ3v) is 5.93. The molecule has 0 aliphatic carbocycles. The predicted octanol–water partition coefficient (Wildman–Crippen LogP) is -2.08. The van der Waals surface area contributed by atoms with E-state index in [-0.39, 0.29) is 12.8 Å². The molecule has 5 unspecified atom stereocenters. The zero-order valence-corrected chi connectivity index (χ0v) is 20.5. The molecule has 38 heavy (non-hydrogen) atoms. The van der Waals surface area contributed by atoms with Crippen molar-refractivity contribution in [3.8, 4) is 0 Å². The fourth-order valence-electron chi connectivity index (χ4n) is 3.84. The lowest BCUT2D eigenvalue weighted by Crippen LogP contribution is -2.59. The lowest BCUT2D eigenvalue weighted by atomic mass is 10.0. The second kappa shape index (κ2) is 12.8. The summed E-state index contributed by atoms with van der Waals surface area (Å²) in [6.45, 7) is 0.301. The SMILES string of the molecule is CC(O)C(NC(=O)C(CO)NC(=O)C(Cc1cnc[nH]1)NC(=O)C(N)Cc1c[nH]c2ccccc12)C(=O)O. The number of imidazole rings is 1. The van der Waals surface area contributed by atoms with Gasteiger partial charge in [0.1, 0.15) is 12.1 Å². The van der Waals surface area contributed by atoms with Crippen molar-refractivity contribution in [2.45, 2.75) is 50.0 Å². The summed E-state index contributed by atoms with van der Waals surface area (Å²) in [6, 6.07) is 2.09. The summed E-state index contributed by atoms with van der Waals surface area (Å²) >= 11 is 0. The van der Waals surface area contributed by atoms with Gasteiger partial charge in [0, 0.05) is 35.4 Å². The Bertz CT molecular complexity index is 1260. The summed E-state index contributed by atoms with van der Waals surface area (Å²) in [6.07, 6.45) is 3.32. The maximum Gasteiger partial charge on any atom is 0.328 e. The summed E-state index contributed by atoms with van der Waals surface area (Å²) in [7, 11) is 0. The van der Waals surface area contributed by atoms with E-state index < -0.39 is 60.6 Å². The number of aliphatic carboxylic acids is 1. The molecule has 0 radical (unpaired) electrons. The van der Waals surface area contributed by atoms with Crippen LogP contribution in [0.5, 0.6) is 0 Å². The number of amides is 3. The van der Waals surface area contributed by atoms with E-state index in [2.05, 4.69) is 30.9 Å². The van der Waals surface area contributed by atoms with Gasteiger partial charge in [-0.15, -0.1) is 0 Å². The average molecular weight is 530 g/mol. The standard InChI is InChI=1S/C24H31N7O7/c1-12(33)20(24(37)38)31-23(36)19(10-32)30-22(35)18(7-14-9-26-11-28-14)29-21(34)16(25)6-13-8-27-17-5-3-2-4-15(13)17/h2-5,8-9,11-12,16,18-20,27,32-33H,6-7,10,25H2,1H3,(H,26,28)(H,29,34)(H,30,35)(H,31,36)(H,37,38). The third-order valence-electron chi connectivity index (χ3n) is 5.93. The van der Waals surface area contributed by atoms with E-state index in [1.165, 1.54) is 19.4 Å². The Morgan fingerprint density at radius 2 is 1.68 bits per heavy atom. The Hall–Kier alpha value is -4.27. The normalized spacial score (nSPS) is 15.2. The third kappa shape index (κ3) is 7.15. The minimum atomic E-state index is -1.66. The molecule has 0 aliphatic heterocycles. The summed E-state index contributed by atoms with van der Waals surface area (Å²) in [5.74, 6) is -3.98. The first-order valence-corrected chi connectivity index (χ1v) is 11.8. The minimum absolute atomic E-state index is 0.0391. The number of aromatic amines is 2. The molecular formula is C24H31N7O7. The van der Waals surface area contributed by atoms with E-state index in [9.17, 15) is 29.4 Å². The molecule has 14 nitrogen and oxygen atoms in total. The number of nitrogens with one attached hydrogen (secondary N) is 5. The van der Waals surface area contributed by atoms with Gasteiger partial charge in [-0.05, 0) is 25.0 Å². The highest BCUT2D eigenvalue weighted by molar-refractivity contribution is 5.94. The molecule has 0 saturated heterocycles. The quantitative estimate of drug-likeness (QED) is 0.118. The topological polar surface area (TPSA) is 236 Å². The van der Waals surface area contributed by atoms with Crippen LogP contribution in [0.1, 0.15) is 18.2 Å². The Morgan fingerprint density at radius 1 is 1.00 bits per heavy atom. The van der Waals surface area contributed by atoms with Gasteiger partial charge in [-0.2, -0.15) is 0 Å². The summed E-state index contributed by atoms with van der Waals surface area (Å²) in [5.41, 5.74) is 8.36. The number of nitrogens with zero attached hydrogens (tertiary/aromatic N) is 1. The Balaban J connectivity index is 1.70. The molecule has 0 spiro atoms. The van der Waals surface area contributed by atoms with E-state index in [1.54, 1.807) is 6.20 Å². The van der Waals surface area contributed by atoms with Crippen LogP contribution in [0, 0.1) is 0 Å². The summed E-state index contributed by atoms with van der Waals surface area (Å²) < 4.78 is 0. The van der Waals surface area contributed by atoms with Crippen LogP contribution < -0.4 is 21.7 Å². The van der Waals surface area contributed by atoms with E-state index in [1.807, 2.05) is 24.3 Å². The lowest BCUT2D eigenvalue weighted by molar-refractivity contribution is -0.145. The average Bonchev–Trinajstić information content (AvgIpc) is 3.54. The molecular weight excluding hydrogens is 498 g/mol. The van der Waals surface area contributed by atoms with Gasteiger partial charge >= 0.3 is 5.97 Å². The van der Waals surface area contributed by atoms with Gasteiger partial charge in [0.15, 0.2) is 6.04 Å². The van der Waals surface area contributed by atoms with Crippen molar-refractivity contribution in [3.05, 3.63) is 54.2 Å². The fourth-order valence-corrected chi connectivity index (χ4v) is 3.84. The zero-order chi connectivity index (χ0) is 27.8. The number of carboxylic acid groups (broad SMARTS) is 1. The van der Waals surface area contributed by atoms with Crippen molar-refractivity contribution in [2.75, 3.05) is 6.61 Å². The van der Waals surface area contributed by atoms with Crippen LogP contribution in [0.3, 0.4) is 0 Å². The number of aliphatic hydroxyl groups is 2. The molecule has 5 atom stereocenters. The van der Waals surface area contributed by atoms with Gasteiger partial charge in [0.25, 0.3) is 0 Å². The van der Waals surface area contributed by atoms with Crippen LogP contribution in [0.15, 0.2) is 43.0 Å². The highest BCUT2D eigenvalue weighted by Crippen LogP contribution is 2.18. The first-order valence-electron chi connectivity index (χ1n) is 11.8. The van der Waals surface area contributed by atoms with Crippen LogP contribution >= 0.6 is 0 Å². The largest absolute Gasteiger partial charge is 0.480 e. The number of nitrogens with two attached hydrogens (primary N) is 1. The zero-order valence-electron chi connectivity index (χ0n) is 20.5. The fraction of sp³-hybridized carbons (Fsp3) is 0.375. The molecule has 10 N–H and O–H groups in total. The molecule has 3 rings (SSSR count). The number of aromatic nitrogens is 3. The molecule has 0 fully saturated rings. The minimum Gasteiger partial charge on any atom is -0.480 e. The van der Waals surface area contributed by atoms with Gasteiger partial charge in [-0.1, -0.05) is 18.2 Å². The smallest absolute Gasteiger partial charge is 0.328 e. The van der Waals surface area contributed by atoms with Crippen molar-refractivity contribution >= 4 is 34.6 Å². The van der Waals surface area contributed by atoms with Crippen LogP contribution in [0.25, 0.3) is 10.9 Å². The number of H-pyrrole nitrogens is 2. The number of hydrogen-bond donors (Lipinski definition) is 9. The van der Waals surface area contributed by atoms with E-state index >= 15 is 0 Å². The molecule has 0 bridgehead atoms. The Morgan fingerprint density at radius 3 is 2.32 bits per heavy atom. The van der Waals surface area contributed by atoms with Gasteiger partial charge < -0.3 is 47.0 Å². The van der Waals surface area contributed by atoms with Gasteiger partial charge in [0.05, 0.1) is 25.1 Å². The van der Waals surface area contributed by atoms with Crippen LogP contribution in [0.2, 0.25) is 0 Å². The summed E-state index contributed by atoms with van der Waals surface area (Å²) in [4.78, 5) is 59.6. The number of para-hydroxylation sites is 1. The van der Waals surface area contributed by atoms with Crippen molar-refractivity contribution in [1.82, 2.24) is 30.9 Å². The number of carboxylic acids is 1. The molecule has 1 aromatic carbocycles. The number of rotatable bonds is 13. The highest BCUT2D eigenvalue weighted by atomic mass is 16.4. The predicted molar refractivity (Wildman–Crippen MR) is 134 cm³/mol. The van der Waals surface area contributed by atoms with E-state index in [4.69, 9.17) is 10.8 Å². The summed E-state index contributed by atoms with van der Waals surface area (Å²) in [5, 5.41) is 36.3. The Labute approximate surface area is 217 Å². The molecule has 3 amide bonds. The Kier molecular flexibility index (Phi) is 9.54. The van der Waals surface area contributed by atoms with Gasteiger partial charge in [-0.25, -0.2) is 9.78 Å². The first kappa shape index (κ1) is 28.3. The number of hydrogen-bond acceptors (Lipinski definition) is 8. The van der Waals surface area contributed by atoms with E-state index in [0.717, 1.165) is 16.5 Å². The lowest BCUT2D eigenvalue weighted by Gasteiger charge is -2.24. The number of aliphatic hydroxyl groups excluding tert-OH is 2. The molecule has 14 heteroatoms.